The molecular weight excluding hydrogens is 316 g/mol. The number of alkyl halides is 2. The fourth-order valence-electron chi connectivity index (χ4n) is 2.29. The molecule has 1 amide bonds. The number of nitrogens with zero attached hydrogens (tertiary/aromatic N) is 1. The molecule has 2 rings (SSSR count). The fraction of sp³-hybridized carbons (Fsp3) is 0.278. The van der Waals surface area contributed by atoms with E-state index in [0.29, 0.717) is 13.0 Å². The van der Waals surface area contributed by atoms with E-state index < -0.39 is 6.61 Å². The number of amides is 1. The van der Waals surface area contributed by atoms with Crippen LogP contribution in [-0.4, -0.2) is 29.6 Å². The Bertz CT molecular complexity index is 674. The molecule has 0 bridgehead atoms. The van der Waals surface area contributed by atoms with Gasteiger partial charge in [0.1, 0.15) is 11.5 Å². The predicted molar refractivity (Wildman–Crippen MR) is 86.0 cm³/mol. The molecule has 0 radical (unpaired) electrons. The first-order valence-corrected chi connectivity index (χ1v) is 7.50. The van der Waals surface area contributed by atoms with E-state index in [4.69, 9.17) is 0 Å². The van der Waals surface area contributed by atoms with E-state index in [1.165, 1.54) is 12.1 Å². The van der Waals surface area contributed by atoms with Crippen LogP contribution in [0.4, 0.5) is 8.78 Å². The summed E-state index contributed by atoms with van der Waals surface area (Å²) in [4.78, 5) is 13.7. The lowest BCUT2D eigenvalue weighted by atomic mass is 10.1. The van der Waals surface area contributed by atoms with Crippen LogP contribution in [0.3, 0.4) is 0 Å². The number of para-hydroxylation sites is 1. The van der Waals surface area contributed by atoms with Gasteiger partial charge in [-0.05, 0) is 35.7 Å². The summed E-state index contributed by atoms with van der Waals surface area (Å²) in [5.74, 6) is 0.205. The monoisotopic (exact) mass is 335 g/mol. The van der Waals surface area contributed by atoms with Crippen molar-refractivity contribution in [2.75, 3.05) is 7.05 Å². The van der Waals surface area contributed by atoms with Gasteiger partial charge in [-0.1, -0.05) is 30.3 Å². The topological polar surface area (TPSA) is 49.8 Å². The SMILES string of the molecule is CN(Cc1ccc(OC(F)F)cc1)C(=O)CCc1ccccc1O. The molecular formula is C18H19F2NO3. The average Bonchev–Trinajstić information content (AvgIpc) is 2.55. The molecule has 0 unspecified atom stereocenters. The minimum absolute atomic E-state index is 0.0637. The van der Waals surface area contributed by atoms with Crippen molar-refractivity contribution in [3.05, 3.63) is 59.7 Å². The second-order valence-corrected chi connectivity index (χ2v) is 5.40. The second kappa shape index (κ2) is 8.29. The van der Waals surface area contributed by atoms with Gasteiger partial charge in [-0.15, -0.1) is 0 Å². The number of aromatic hydroxyl groups is 1. The number of carbonyl (C=O) groups is 1. The van der Waals surface area contributed by atoms with Crippen LogP contribution in [-0.2, 0) is 17.8 Å². The first kappa shape index (κ1) is 17.7. The van der Waals surface area contributed by atoms with Crippen molar-refractivity contribution in [1.29, 1.82) is 0 Å². The summed E-state index contributed by atoms with van der Waals surface area (Å²) in [7, 11) is 1.68. The van der Waals surface area contributed by atoms with Crippen LogP contribution in [0.5, 0.6) is 11.5 Å². The molecule has 6 heteroatoms. The molecule has 128 valence electrons. The zero-order chi connectivity index (χ0) is 17.5. The van der Waals surface area contributed by atoms with Gasteiger partial charge in [-0.2, -0.15) is 8.78 Å². The molecule has 2 aromatic rings. The second-order valence-electron chi connectivity index (χ2n) is 5.40. The van der Waals surface area contributed by atoms with E-state index in [1.54, 1.807) is 42.3 Å². The number of carbonyl (C=O) groups excluding carboxylic acids is 1. The quantitative estimate of drug-likeness (QED) is 0.841. The van der Waals surface area contributed by atoms with Crippen molar-refractivity contribution < 1.29 is 23.4 Å². The van der Waals surface area contributed by atoms with E-state index >= 15 is 0 Å². The summed E-state index contributed by atoms with van der Waals surface area (Å²) < 4.78 is 28.5. The van der Waals surface area contributed by atoms with Crippen LogP contribution in [0.25, 0.3) is 0 Å². The summed E-state index contributed by atoms with van der Waals surface area (Å²) in [6.45, 7) is -2.48. The largest absolute Gasteiger partial charge is 0.508 e. The minimum Gasteiger partial charge on any atom is -0.508 e. The smallest absolute Gasteiger partial charge is 0.387 e. The Morgan fingerprint density at radius 2 is 1.83 bits per heavy atom. The number of ether oxygens (including phenoxy) is 1. The van der Waals surface area contributed by atoms with Crippen molar-refractivity contribution in [1.82, 2.24) is 4.90 Å². The summed E-state index contributed by atoms with van der Waals surface area (Å²) in [6.07, 6.45) is 0.734. The number of phenols is 1. The van der Waals surface area contributed by atoms with Gasteiger partial charge < -0.3 is 14.7 Å². The van der Waals surface area contributed by atoms with Crippen LogP contribution < -0.4 is 4.74 Å². The minimum atomic E-state index is -2.85. The third kappa shape index (κ3) is 5.22. The molecule has 2 aromatic carbocycles. The maximum Gasteiger partial charge on any atom is 0.387 e. The highest BCUT2D eigenvalue weighted by Gasteiger charge is 2.11. The predicted octanol–water partition coefficient (Wildman–Crippen LogP) is 3.58. The van der Waals surface area contributed by atoms with Crippen molar-refractivity contribution in [2.45, 2.75) is 26.0 Å². The summed E-state index contributed by atoms with van der Waals surface area (Å²) >= 11 is 0. The molecule has 0 atom stereocenters. The van der Waals surface area contributed by atoms with E-state index in [0.717, 1.165) is 11.1 Å². The lowest BCUT2D eigenvalue weighted by Crippen LogP contribution is -2.26. The van der Waals surface area contributed by atoms with Crippen molar-refractivity contribution in [3.63, 3.8) is 0 Å². The molecule has 24 heavy (non-hydrogen) atoms. The highest BCUT2D eigenvalue weighted by Crippen LogP contribution is 2.18. The van der Waals surface area contributed by atoms with Gasteiger partial charge in [-0.3, -0.25) is 4.79 Å². The Balaban J connectivity index is 1.86. The zero-order valence-corrected chi connectivity index (χ0v) is 13.3. The molecule has 0 saturated heterocycles. The number of hydrogen-bond acceptors (Lipinski definition) is 3. The molecule has 0 aliphatic rings. The molecule has 1 N–H and O–H groups in total. The molecule has 0 aliphatic heterocycles. The highest BCUT2D eigenvalue weighted by molar-refractivity contribution is 5.76. The Hall–Kier alpha value is -2.63. The van der Waals surface area contributed by atoms with Gasteiger partial charge in [0, 0.05) is 20.0 Å². The molecule has 0 spiro atoms. The van der Waals surface area contributed by atoms with E-state index in [9.17, 15) is 18.7 Å². The van der Waals surface area contributed by atoms with Crippen LogP contribution in [0.2, 0.25) is 0 Å². The molecule has 0 aliphatic carbocycles. The van der Waals surface area contributed by atoms with Crippen LogP contribution in [0, 0.1) is 0 Å². The lowest BCUT2D eigenvalue weighted by molar-refractivity contribution is -0.130. The van der Waals surface area contributed by atoms with Gasteiger partial charge in [0.2, 0.25) is 5.91 Å². The van der Waals surface area contributed by atoms with Gasteiger partial charge in [0.05, 0.1) is 0 Å². The number of benzene rings is 2. The maximum atomic E-state index is 12.2. The summed E-state index contributed by atoms with van der Waals surface area (Å²) in [5, 5.41) is 9.70. The van der Waals surface area contributed by atoms with Crippen molar-refractivity contribution >= 4 is 5.91 Å². The Morgan fingerprint density at radius 3 is 2.46 bits per heavy atom. The number of aryl methyl sites for hydroxylation is 1. The van der Waals surface area contributed by atoms with Crippen LogP contribution in [0.1, 0.15) is 17.5 Å². The average molecular weight is 335 g/mol. The summed E-state index contributed by atoms with van der Waals surface area (Å²) in [5.41, 5.74) is 1.54. The number of phenolic OH excluding ortho intramolecular Hbond substituents is 1. The van der Waals surface area contributed by atoms with E-state index in [2.05, 4.69) is 4.74 Å². The Labute approximate surface area is 139 Å². The summed E-state index contributed by atoms with van der Waals surface area (Å²) in [6, 6.07) is 13.1. The van der Waals surface area contributed by atoms with E-state index in [-0.39, 0.29) is 23.8 Å². The molecule has 0 saturated carbocycles. The first-order valence-electron chi connectivity index (χ1n) is 7.50. The zero-order valence-electron chi connectivity index (χ0n) is 13.3. The van der Waals surface area contributed by atoms with Gasteiger partial charge in [-0.25, -0.2) is 0 Å². The number of rotatable bonds is 7. The first-order chi connectivity index (χ1) is 11.5. The molecule has 0 heterocycles. The molecule has 0 aromatic heterocycles. The van der Waals surface area contributed by atoms with Crippen molar-refractivity contribution in [2.24, 2.45) is 0 Å². The Kier molecular flexibility index (Phi) is 6.12. The fourth-order valence-corrected chi connectivity index (χ4v) is 2.29. The normalized spacial score (nSPS) is 10.7. The van der Waals surface area contributed by atoms with Crippen molar-refractivity contribution in [3.8, 4) is 11.5 Å². The molecule has 0 fully saturated rings. The molecule has 4 nitrogen and oxygen atoms in total. The van der Waals surface area contributed by atoms with Crippen LogP contribution >= 0.6 is 0 Å². The number of halogens is 2. The number of hydrogen-bond donors (Lipinski definition) is 1. The third-order valence-corrected chi connectivity index (χ3v) is 3.59. The van der Waals surface area contributed by atoms with E-state index in [1.807, 2.05) is 6.07 Å². The third-order valence-electron chi connectivity index (χ3n) is 3.59. The lowest BCUT2D eigenvalue weighted by Gasteiger charge is -2.17. The highest BCUT2D eigenvalue weighted by atomic mass is 19.3. The standard InChI is InChI=1S/C18H19F2NO3/c1-21(12-13-6-9-15(10-7-13)24-18(19)20)17(23)11-8-14-4-2-3-5-16(14)22/h2-7,9-10,18,22H,8,11-12H2,1H3. The maximum absolute atomic E-state index is 12.2. The van der Waals surface area contributed by atoms with Crippen LogP contribution in [0.15, 0.2) is 48.5 Å². The van der Waals surface area contributed by atoms with Gasteiger partial charge in [0.25, 0.3) is 0 Å². The van der Waals surface area contributed by atoms with Gasteiger partial charge in [0.15, 0.2) is 0 Å². The van der Waals surface area contributed by atoms with Gasteiger partial charge >= 0.3 is 6.61 Å². The Morgan fingerprint density at radius 1 is 1.17 bits per heavy atom.